The van der Waals surface area contributed by atoms with Crippen molar-refractivity contribution in [3.63, 3.8) is 0 Å². The highest BCUT2D eigenvalue weighted by atomic mass is 19.4. The van der Waals surface area contributed by atoms with E-state index in [0.717, 1.165) is 18.5 Å². The van der Waals surface area contributed by atoms with Crippen LogP contribution < -0.4 is 5.32 Å². The molecule has 0 saturated carbocycles. The van der Waals surface area contributed by atoms with Crippen LogP contribution in [0.3, 0.4) is 0 Å². The molecule has 0 aromatic carbocycles. The molecule has 0 bridgehead atoms. The second kappa shape index (κ2) is 5.28. The van der Waals surface area contributed by atoms with Crippen LogP contribution in [-0.4, -0.2) is 29.3 Å². The van der Waals surface area contributed by atoms with Gasteiger partial charge in [-0.3, -0.25) is 0 Å². The van der Waals surface area contributed by atoms with Crippen LogP contribution >= 0.6 is 0 Å². The molecule has 118 valence electrons. The molecule has 21 heavy (non-hydrogen) atoms. The fourth-order valence-corrected chi connectivity index (χ4v) is 3.16. The maximum Gasteiger partial charge on any atom is 0.449 e. The maximum absolute atomic E-state index is 13.3. The summed E-state index contributed by atoms with van der Waals surface area (Å²) in [4.78, 5) is 3.86. The number of fused-ring (bicyclic) bond motifs is 1. The Labute approximate surface area is 121 Å². The lowest BCUT2D eigenvalue weighted by Crippen LogP contribution is -2.34. The Balaban J connectivity index is 1.97. The van der Waals surface area contributed by atoms with Crippen LogP contribution in [0.15, 0.2) is 0 Å². The Hall–Kier alpha value is -1.08. The topological polar surface area (TPSA) is 39.1 Å². The fourth-order valence-electron chi connectivity index (χ4n) is 3.16. The Bertz CT molecular complexity index is 518. The van der Waals surface area contributed by atoms with Crippen LogP contribution in [0.1, 0.15) is 37.0 Å². The van der Waals surface area contributed by atoms with E-state index in [1.807, 2.05) is 6.92 Å². The first kappa shape index (κ1) is 14.8. The molecule has 1 N–H and O–H groups in total. The highest BCUT2D eigenvalue weighted by molar-refractivity contribution is 5.22. The quantitative estimate of drug-likeness (QED) is 0.911. The van der Waals surface area contributed by atoms with Crippen molar-refractivity contribution in [1.82, 2.24) is 14.9 Å². The summed E-state index contributed by atoms with van der Waals surface area (Å²) in [7, 11) is 0. The van der Waals surface area contributed by atoms with Gasteiger partial charge in [0.2, 0.25) is 5.82 Å². The number of nitrogens with zero attached hydrogens (tertiary/aromatic N) is 2. The second-order valence-corrected chi connectivity index (χ2v) is 6.26. The van der Waals surface area contributed by atoms with E-state index in [-0.39, 0.29) is 5.41 Å². The van der Waals surface area contributed by atoms with Gasteiger partial charge >= 0.3 is 6.18 Å². The van der Waals surface area contributed by atoms with E-state index in [9.17, 15) is 13.2 Å². The predicted octanol–water partition coefficient (Wildman–Crippen LogP) is 2.36. The zero-order valence-corrected chi connectivity index (χ0v) is 12.1. The summed E-state index contributed by atoms with van der Waals surface area (Å²) in [6, 6.07) is 0. The molecule has 0 amide bonds. The normalized spacial score (nSPS) is 22.1. The van der Waals surface area contributed by atoms with Crippen molar-refractivity contribution in [1.29, 1.82) is 0 Å². The molecule has 1 aromatic heterocycles. The van der Waals surface area contributed by atoms with E-state index in [1.54, 1.807) is 0 Å². The van der Waals surface area contributed by atoms with Gasteiger partial charge in [-0.2, -0.15) is 13.2 Å². The third-order valence-corrected chi connectivity index (χ3v) is 4.48. The molecule has 1 aromatic rings. The minimum Gasteiger partial charge on any atom is -0.381 e. The molecule has 0 spiro atoms. The molecular formula is C14H20F3N3O. The van der Waals surface area contributed by atoms with Gasteiger partial charge in [-0.15, -0.1) is 0 Å². The molecule has 7 heteroatoms. The number of aromatic nitrogens is 2. The van der Waals surface area contributed by atoms with Crippen molar-refractivity contribution in [3.8, 4) is 0 Å². The first-order valence-corrected chi connectivity index (χ1v) is 7.33. The van der Waals surface area contributed by atoms with Crippen LogP contribution in [-0.2, 0) is 30.4 Å². The van der Waals surface area contributed by atoms with Crippen molar-refractivity contribution < 1.29 is 17.9 Å². The van der Waals surface area contributed by atoms with E-state index in [2.05, 4.69) is 10.3 Å². The van der Waals surface area contributed by atoms with Gasteiger partial charge in [0.15, 0.2) is 0 Å². The Morgan fingerprint density at radius 3 is 2.71 bits per heavy atom. The maximum atomic E-state index is 13.3. The highest BCUT2D eigenvalue weighted by Gasteiger charge is 2.41. The molecule has 2 aliphatic heterocycles. The molecule has 2 aliphatic rings. The lowest BCUT2D eigenvalue weighted by atomic mass is 9.82. The average molecular weight is 303 g/mol. The van der Waals surface area contributed by atoms with Gasteiger partial charge < -0.3 is 14.6 Å². The molecule has 0 radical (unpaired) electrons. The minimum absolute atomic E-state index is 0.155. The third-order valence-electron chi connectivity index (χ3n) is 4.48. The van der Waals surface area contributed by atoms with Crippen molar-refractivity contribution in [2.24, 2.45) is 5.41 Å². The van der Waals surface area contributed by atoms with E-state index < -0.39 is 12.0 Å². The highest BCUT2D eigenvalue weighted by Crippen LogP contribution is 2.37. The lowest BCUT2D eigenvalue weighted by Gasteiger charge is -2.35. The molecule has 3 rings (SSSR count). The van der Waals surface area contributed by atoms with Crippen LogP contribution in [0, 0.1) is 5.41 Å². The summed E-state index contributed by atoms with van der Waals surface area (Å²) in [6.45, 7) is 4.78. The second-order valence-electron chi connectivity index (χ2n) is 6.26. The van der Waals surface area contributed by atoms with Gasteiger partial charge in [0, 0.05) is 45.0 Å². The standard InChI is InChI=1S/C14H20F3N3O/c1-13(3-6-21-7-4-13)9-20-11-2-5-18-8-10(11)19-12(20)14(15,16)17/h18H,2-9H2,1H3. The largest absolute Gasteiger partial charge is 0.449 e. The number of ether oxygens (including phenoxy) is 1. The molecule has 0 atom stereocenters. The molecular weight excluding hydrogens is 283 g/mol. The van der Waals surface area contributed by atoms with E-state index in [1.165, 1.54) is 4.57 Å². The van der Waals surface area contributed by atoms with Crippen LogP contribution in [0.5, 0.6) is 0 Å². The number of rotatable bonds is 2. The van der Waals surface area contributed by atoms with Gasteiger partial charge in [-0.25, -0.2) is 4.98 Å². The molecule has 4 nitrogen and oxygen atoms in total. The number of nitrogens with one attached hydrogen (secondary N) is 1. The third kappa shape index (κ3) is 2.94. The molecule has 0 aliphatic carbocycles. The van der Waals surface area contributed by atoms with Crippen LogP contribution in [0.4, 0.5) is 13.2 Å². The van der Waals surface area contributed by atoms with Crippen molar-refractivity contribution >= 4 is 0 Å². The van der Waals surface area contributed by atoms with E-state index >= 15 is 0 Å². The summed E-state index contributed by atoms with van der Waals surface area (Å²) < 4.78 is 46.6. The first-order valence-electron chi connectivity index (χ1n) is 7.33. The Morgan fingerprint density at radius 2 is 2.05 bits per heavy atom. The smallest absolute Gasteiger partial charge is 0.381 e. The minimum atomic E-state index is -4.40. The van der Waals surface area contributed by atoms with Crippen molar-refractivity contribution in [3.05, 3.63) is 17.2 Å². The zero-order chi connectivity index (χ0) is 15.1. The number of hydrogen-bond acceptors (Lipinski definition) is 3. The van der Waals surface area contributed by atoms with Gasteiger partial charge in [-0.1, -0.05) is 6.92 Å². The van der Waals surface area contributed by atoms with Crippen LogP contribution in [0.2, 0.25) is 0 Å². The monoisotopic (exact) mass is 303 g/mol. The summed E-state index contributed by atoms with van der Waals surface area (Å²) in [5, 5.41) is 3.08. The molecule has 1 fully saturated rings. The molecule has 3 heterocycles. The number of imidazole rings is 1. The van der Waals surface area contributed by atoms with Gasteiger partial charge in [0.1, 0.15) is 0 Å². The summed E-state index contributed by atoms with van der Waals surface area (Å²) in [5.74, 6) is -0.746. The fraction of sp³-hybridized carbons (Fsp3) is 0.786. The number of halogens is 3. The lowest BCUT2D eigenvalue weighted by molar-refractivity contribution is -0.148. The summed E-state index contributed by atoms with van der Waals surface area (Å²) in [5.41, 5.74) is 1.13. The molecule has 1 saturated heterocycles. The Morgan fingerprint density at radius 1 is 1.33 bits per heavy atom. The van der Waals surface area contributed by atoms with Crippen molar-refractivity contribution in [2.45, 2.75) is 45.5 Å². The average Bonchev–Trinajstić information content (AvgIpc) is 2.78. The van der Waals surface area contributed by atoms with E-state index in [0.29, 0.717) is 45.0 Å². The Kier molecular flexibility index (Phi) is 3.73. The van der Waals surface area contributed by atoms with Gasteiger partial charge in [-0.05, 0) is 18.3 Å². The predicted molar refractivity (Wildman–Crippen MR) is 70.8 cm³/mol. The van der Waals surface area contributed by atoms with Crippen LogP contribution in [0.25, 0.3) is 0 Å². The van der Waals surface area contributed by atoms with E-state index in [4.69, 9.17) is 4.74 Å². The first-order chi connectivity index (χ1) is 9.89. The summed E-state index contributed by atoms with van der Waals surface area (Å²) >= 11 is 0. The summed E-state index contributed by atoms with van der Waals surface area (Å²) in [6.07, 6.45) is -2.23. The zero-order valence-electron chi connectivity index (χ0n) is 12.1. The molecule has 0 unspecified atom stereocenters. The van der Waals surface area contributed by atoms with Gasteiger partial charge in [0.05, 0.1) is 5.69 Å². The van der Waals surface area contributed by atoms with Gasteiger partial charge in [0.25, 0.3) is 0 Å². The number of hydrogen-bond donors (Lipinski definition) is 1. The number of alkyl halides is 3. The van der Waals surface area contributed by atoms with Crippen molar-refractivity contribution in [2.75, 3.05) is 19.8 Å². The SMILES string of the molecule is CC1(Cn2c(C(F)(F)F)nc3c2CCNC3)CCOCC1.